The first-order chi connectivity index (χ1) is 16.3. The van der Waals surface area contributed by atoms with E-state index in [0.717, 1.165) is 12.3 Å². The Morgan fingerprint density at radius 3 is 2.71 bits per heavy atom. The molecule has 1 fully saturated rings. The molecule has 3 N–H and O–H groups in total. The van der Waals surface area contributed by atoms with Crippen molar-refractivity contribution in [1.29, 1.82) is 0 Å². The molecule has 12 heteroatoms. The molecule has 0 radical (unpaired) electrons. The standard InChI is InChI=1S/C22H17FN6O4S/c23-16-6-14-18(31)15(21(32)33)10-29(22-25-3-4-34-22)19(14)27-20(16)28-8-11(9-28)17(30)5-13-2-1-12(24)7-26-13/h1-4,6-7,10-11H,5,8-9,24H2,(H,32,33). The molecule has 1 aliphatic heterocycles. The maximum Gasteiger partial charge on any atom is 0.341 e. The van der Waals surface area contributed by atoms with Gasteiger partial charge in [0, 0.05) is 43.0 Å². The minimum Gasteiger partial charge on any atom is -0.477 e. The van der Waals surface area contributed by atoms with Gasteiger partial charge in [-0.15, -0.1) is 11.3 Å². The van der Waals surface area contributed by atoms with Crippen LogP contribution in [0.5, 0.6) is 0 Å². The average Bonchev–Trinajstić information content (AvgIpc) is 3.30. The number of rotatable bonds is 6. The first-order valence-electron chi connectivity index (χ1n) is 10.2. The molecule has 0 spiro atoms. The highest BCUT2D eigenvalue weighted by Crippen LogP contribution is 2.29. The van der Waals surface area contributed by atoms with Crippen LogP contribution in [0.2, 0.25) is 0 Å². The van der Waals surface area contributed by atoms with Gasteiger partial charge in [0.05, 0.1) is 23.2 Å². The molecule has 0 atom stereocenters. The van der Waals surface area contributed by atoms with E-state index in [1.807, 2.05) is 0 Å². The maximum atomic E-state index is 15.0. The Morgan fingerprint density at radius 1 is 1.26 bits per heavy atom. The van der Waals surface area contributed by atoms with E-state index in [1.165, 1.54) is 28.3 Å². The first kappa shape index (κ1) is 21.6. The third-order valence-electron chi connectivity index (χ3n) is 5.61. The van der Waals surface area contributed by atoms with Gasteiger partial charge in [0.25, 0.3) is 0 Å². The number of aromatic nitrogens is 4. The number of nitrogens with two attached hydrogens (primary N) is 1. The van der Waals surface area contributed by atoms with Gasteiger partial charge in [-0.3, -0.25) is 19.1 Å². The van der Waals surface area contributed by atoms with E-state index in [-0.39, 0.29) is 48.1 Å². The summed E-state index contributed by atoms with van der Waals surface area (Å²) in [5.74, 6) is -2.56. The van der Waals surface area contributed by atoms with Gasteiger partial charge in [-0.25, -0.2) is 19.2 Å². The fourth-order valence-corrected chi connectivity index (χ4v) is 4.41. The summed E-state index contributed by atoms with van der Waals surface area (Å²) in [7, 11) is 0. The second-order valence-electron chi connectivity index (χ2n) is 7.85. The van der Waals surface area contributed by atoms with E-state index in [4.69, 9.17) is 5.73 Å². The van der Waals surface area contributed by atoms with Crippen LogP contribution in [-0.2, 0) is 11.2 Å². The number of carbonyl (C=O) groups excluding carboxylic acids is 1. The molecule has 4 aromatic heterocycles. The molecule has 34 heavy (non-hydrogen) atoms. The predicted octanol–water partition coefficient (Wildman–Crippen LogP) is 1.90. The summed E-state index contributed by atoms with van der Waals surface area (Å²) in [4.78, 5) is 51.1. The van der Waals surface area contributed by atoms with Gasteiger partial charge in [-0.2, -0.15) is 0 Å². The number of nitrogens with zero attached hydrogens (tertiary/aromatic N) is 5. The number of fused-ring (bicyclic) bond motifs is 1. The van der Waals surface area contributed by atoms with E-state index in [2.05, 4.69) is 15.0 Å². The van der Waals surface area contributed by atoms with Crippen LogP contribution in [0, 0.1) is 11.7 Å². The molecule has 1 saturated heterocycles. The molecular formula is C22H17FN6O4S. The Labute approximate surface area is 195 Å². The average molecular weight is 480 g/mol. The summed E-state index contributed by atoms with van der Waals surface area (Å²) in [6.07, 6.45) is 4.30. The number of anilines is 2. The molecule has 172 valence electrons. The summed E-state index contributed by atoms with van der Waals surface area (Å²) in [5, 5.41) is 11.3. The third kappa shape index (κ3) is 3.77. The highest BCUT2D eigenvalue weighted by molar-refractivity contribution is 7.12. The van der Waals surface area contributed by atoms with E-state index in [0.29, 0.717) is 16.5 Å². The Bertz CT molecular complexity index is 1480. The number of halogens is 1. The lowest BCUT2D eigenvalue weighted by atomic mass is 9.92. The van der Waals surface area contributed by atoms with E-state index < -0.39 is 22.8 Å². The highest BCUT2D eigenvalue weighted by atomic mass is 32.1. The summed E-state index contributed by atoms with van der Waals surface area (Å²) in [6.45, 7) is 0.524. The molecule has 5 heterocycles. The summed E-state index contributed by atoms with van der Waals surface area (Å²) in [5.41, 5.74) is 5.47. The van der Waals surface area contributed by atoms with Crippen LogP contribution >= 0.6 is 11.3 Å². The van der Waals surface area contributed by atoms with Crippen molar-refractivity contribution in [2.75, 3.05) is 23.7 Å². The Kier molecular flexibility index (Phi) is 5.28. The third-order valence-corrected chi connectivity index (χ3v) is 6.38. The number of nitrogen functional groups attached to an aromatic ring is 1. The lowest BCUT2D eigenvalue weighted by molar-refractivity contribution is -0.123. The van der Waals surface area contributed by atoms with Crippen molar-refractivity contribution in [3.05, 3.63) is 69.5 Å². The van der Waals surface area contributed by atoms with Crippen molar-refractivity contribution in [2.45, 2.75) is 6.42 Å². The second kappa shape index (κ2) is 8.30. The van der Waals surface area contributed by atoms with Crippen molar-refractivity contribution >= 4 is 45.6 Å². The Morgan fingerprint density at radius 2 is 2.06 bits per heavy atom. The normalized spacial score (nSPS) is 13.7. The van der Waals surface area contributed by atoms with Crippen LogP contribution in [0.3, 0.4) is 0 Å². The quantitative estimate of drug-likeness (QED) is 0.423. The number of Topliss-reactive ketones (excluding diaryl/α,β-unsaturated/α-hetero) is 1. The molecule has 0 saturated carbocycles. The van der Waals surface area contributed by atoms with Gasteiger partial charge in [-0.05, 0) is 18.2 Å². The molecule has 4 aromatic rings. The molecule has 0 amide bonds. The Hall–Kier alpha value is -4.19. The lowest BCUT2D eigenvalue weighted by Gasteiger charge is -2.39. The number of carboxylic acids is 1. The van der Waals surface area contributed by atoms with Crippen LogP contribution in [0.4, 0.5) is 15.9 Å². The topological polar surface area (TPSA) is 144 Å². The minimum atomic E-state index is -1.43. The van der Waals surface area contributed by atoms with Crippen LogP contribution in [-0.4, -0.2) is 49.5 Å². The van der Waals surface area contributed by atoms with Crippen LogP contribution in [0.1, 0.15) is 16.1 Å². The van der Waals surface area contributed by atoms with Crippen molar-refractivity contribution in [2.24, 2.45) is 5.92 Å². The molecule has 0 unspecified atom stereocenters. The van der Waals surface area contributed by atoms with Crippen molar-refractivity contribution in [1.82, 2.24) is 19.5 Å². The number of ketones is 1. The summed E-state index contributed by atoms with van der Waals surface area (Å²) < 4.78 is 16.3. The SMILES string of the molecule is Nc1ccc(CC(=O)C2CN(c3nc4c(cc3F)c(=O)c(C(=O)O)cn4-c3nccs3)C2)nc1. The number of pyridine rings is 3. The highest BCUT2D eigenvalue weighted by Gasteiger charge is 2.35. The van der Waals surface area contributed by atoms with Gasteiger partial charge >= 0.3 is 5.97 Å². The fourth-order valence-electron chi connectivity index (χ4n) is 3.79. The van der Waals surface area contributed by atoms with Gasteiger partial charge in [0.2, 0.25) is 5.43 Å². The molecular weight excluding hydrogens is 463 g/mol. The summed E-state index contributed by atoms with van der Waals surface area (Å²) in [6, 6.07) is 4.36. The van der Waals surface area contributed by atoms with Gasteiger partial charge < -0.3 is 15.7 Å². The monoisotopic (exact) mass is 480 g/mol. The lowest BCUT2D eigenvalue weighted by Crippen LogP contribution is -2.51. The van der Waals surface area contributed by atoms with E-state index in [9.17, 15) is 23.9 Å². The molecule has 0 aliphatic carbocycles. The molecule has 5 rings (SSSR count). The zero-order valence-electron chi connectivity index (χ0n) is 17.5. The zero-order valence-corrected chi connectivity index (χ0v) is 18.3. The molecule has 10 nitrogen and oxygen atoms in total. The number of hydrogen-bond acceptors (Lipinski definition) is 9. The maximum absolute atomic E-state index is 15.0. The number of aromatic carboxylic acids is 1. The first-order valence-corrected chi connectivity index (χ1v) is 11.1. The van der Waals surface area contributed by atoms with Crippen molar-refractivity contribution in [3.8, 4) is 5.13 Å². The van der Waals surface area contributed by atoms with Crippen LogP contribution < -0.4 is 16.1 Å². The zero-order chi connectivity index (χ0) is 24.0. The van der Waals surface area contributed by atoms with Crippen molar-refractivity contribution in [3.63, 3.8) is 0 Å². The number of hydrogen-bond donors (Lipinski definition) is 2. The fraction of sp³-hybridized carbons (Fsp3) is 0.182. The van der Waals surface area contributed by atoms with Gasteiger partial charge in [0.15, 0.2) is 22.4 Å². The molecule has 1 aliphatic rings. The van der Waals surface area contributed by atoms with Crippen LogP contribution in [0.25, 0.3) is 16.2 Å². The molecule has 0 aromatic carbocycles. The number of carbonyl (C=O) groups is 2. The summed E-state index contributed by atoms with van der Waals surface area (Å²) >= 11 is 1.21. The number of carboxylic acid groups (broad SMARTS) is 1. The largest absolute Gasteiger partial charge is 0.477 e. The smallest absolute Gasteiger partial charge is 0.341 e. The van der Waals surface area contributed by atoms with Gasteiger partial charge in [-0.1, -0.05) is 0 Å². The van der Waals surface area contributed by atoms with Crippen molar-refractivity contribution < 1.29 is 19.1 Å². The van der Waals surface area contributed by atoms with E-state index in [1.54, 1.807) is 22.4 Å². The second-order valence-corrected chi connectivity index (χ2v) is 8.73. The minimum absolute atomic E-state index is 0.0186. The van der Waals surface area contributed by atoms with Crippen LogP contribution in [0.15, 0.2) is 47.0 Å². The van der Waals surface area contributed by atoms with Gasteiger partial charge in [0.1, 0.15) is 11.3 Å². The van der Waals surface area contributed by atoms with E-state index >= 15 is 0 Å². The Balaban J connectivity index is 1.45. The predicted molar refractivity (Wildman–Crippen MR) is 123 cm³/mol. The number of thiazole rings is 1. The molecule has 0 bridgehead atoms.